The summed E-state index contributed by atoms with van der Waals surface area (Å²) >= 11 is 4.60. The van der Waals surface area contributed by atoms with Crippen molar-refractivity contribution >= 4 is 37.3 Å². The van der Waals surface area contributed by atoms with Gasteiger partial charge in [0.25, 0.3) is 10.0 Å². The molecule has 5 nitrogen and oxygen atoms in total. The van der Waals surface area contributed by atoms with Gasteiger partial charge in [-0.2, -0.15) is 4.31 Å². The van der Waals surface area contributed by atoms with E-state index in [1.807, 2.05) is 20.8 Å². The Morgan fingerprint density at radius 2 is 1.71 bits per heavy atom. The van der Waals surface area contributed by atoms with Gasteiger partial charge in [-0.05, 0) is 48.3 Å². The van der Waals surface area contributed by atoms with Crippen LogP contribution >= 0.6 is 27.3 Å². The predicted octanol–water partition coefficient (Wildman–Crippen LogP) is 2.88. The van der Waals surface area contributed by atoms with Crippen LogP contribution < -0.4 is 0 Å². The molecule has 1 heterocycles. The molecule has 0 atom stereocenters. The first kappa shape index (κ1) is 19.1. The molecule has 1 rings (SSSR count). The number of hydrogen-bond donors (Lipinski definition) is 0. The first-order chi connectivity index (χ1) is 9.93. The van der Waals surface area contributed by atoms with Crippen molar-refractivity contribution in [3.05, 3.63) is 15.4 Å². The SMILES string of the molecule is CCOCCN(CCOCC)S(=O)(=O)c1cc(C)c(Br)s1. The topological polar surface area (TPSA) is 55.8 Å². The van der Waals surface area contributed by atoms with Gasteiger partial charge in [-0.3, -0.25) is 0 Å². The van der Waals surface area contributed by atoms with E-state index >= 15 is 0 Å². The first-order valence-electron chi connectivity index (χ1n) is 6.85. The van der Waals surface area contributed by atoms with Gasteiger partial charge in [0.1, 0.15) is 4.21 Å². The third kappa shape index (κ3) is 5.61. The van der Waals surface area contributed by atoms with Crippen LogP contribution in [-0.2, 0) is 19.5 Å². The lowest BCUT2D eigenvalue weighted by molar-refractivity contribution is 0.110. The Morgan fingerprint density at radius 3 is 2.10 bits per heavy atom. The molecule has 0 aliphatic carbocycles. The summed E-state index contributed by atoms with van der Waals surface area (Å²) in [6.45, 7) is 8.23. The summed E-state index contributed by atoms with van der Waals surface area (Å²) in [5, 5.41) is 0. The molecule has 0 fully saturated rings. The third-order valence-corrected chi connectivity index (χ3v) is 7.29. The molecule has 0 amide bonds. The maximum absolute atomic E-state index is 12.7. The molecule has 0 aliphatic heterocycles. The van der Waals surface area contributed by atoms with Crippen molar-refractivity contribution < 1.29 is 17.9 Å². The highest BCUT2D eigenvalue weighted by Crippen LogP contribution is 2.32. The van der Waals surface area contributed by atoms with Crippen molar-refractivity contribution in [2.75, 3.05) is 39.5 Å². The van der Waals surface area contributed by atoms with Crippen LogP contribution in [0.1, 0.15) is 19.4 Å². The summed E-state index contributed by atoms with van der Waals surface area (Å²) in [7, 11) is -3.50. The maximum Gasteiger partial charge on any atom is 0.252 e. The molecule has 21 heavy (non-hydrogen) atoms. The standard InChI is InChI=1S/C13H22BrNO4S2/c1-4-18-8-6-15(7-9-19-5-2)21(16,17)12-10-11(3)13(14)20-12/h10H,4-9H2,1-3H3. The number of ether oxygens (including phenoxy) is 2. The molecule has 0 saturated carbocycles. The minimum absolute atomic E-state index is 0.331. The van der Waals surface area contributed by atoms with Gasteiger partial charge in [-0.1, -0.05) is 0 Å². The van der Waals surface area contributed by atoms with Gasteiger partial charge in [0.05, 0.1) is 17.0 Å². The molecule has 0 bridgehead atoms. The monoisotopic (exact) mass is 399 g/mol. The summed E-state index contributed by atoms with van der Waals surface area (Å²) < 4.78 is 38.6. The van der Waals surface area contributed by atoms with Gasteiger partial charge in [-0.15, -0.1) is 11.3 Å². The number of halogens is 1. The fourth-order valence-corrected chi connectivity index (χ4v) is 5.45. The van der Waals surface area contributed by atoms with E-state index in [1.54, 1.807) is 6.07 Å². The van der Waals surface area contributed by atoms with Crippen LogP contribution in [-0.4, -0.2) is 52.2 Å². The Balaban J connectivity index is 2.87. The zero-order valence-electron chi connectivity index (χ0n) is 12.6. The van der Waals surface area contributed by atoms with Crippen molar-refractivity contribution in [1.82, 2.24) is 4.31 Å². The van der Waals surface area contributed by atoms with Gasteiger partial charge < -0.3 is 9.47 Å². The summed E-state index contributed by atoms with van der Waals surface area (Å²) in [6, 6.07) is 1.69. The van der Waals surface area contributed by atoms with E-state index in [1.165, 1.54) is 15.6 Å². The molecule has 0 unspecified atom stereocenters. The van der Waals surface area contributed by atoms with E-state index in [-0.39, 0.29) is 0 Å². The third-order valence-electron chi connectivity index (χ3n) is 2.81. The smallest absolute Gasteiger partial charge is 0.252 e. The van der Waals surface area contributed by atoms with Crippen molar-refractivity contribution in [3.63, 3.8) is 0 Å². The number of aryl methyl sites for hydroxylation is 1. The fourth-order valence-electron chi connectivity index (χ4n) is 1.66. The van der Waals surface area contributed by atoms with Gasteiger partial charge >= 0.3 is 0 Å². The number of thiophene rings is 1. The van der Waals surface area contributed by atoms with Gasteiger partial charge in [0, 0.05) is 26.3 Å². The largest absolute Gasteiger partial charge is 0.380 e. The molecule has 1 aromatic heterocycles. The summed E-state index contributed by atoms with van der Waals surface area (Å²) in [5.41, 5.74) is 0.924. The molecule has 1 aromatic rings. The van der Waals surface area contributed by atoms with E-state index in [4.69, 9.17) is 9.47 Å². The van der Waals surface area contributed by atoms with E-state index in [2.05, 4.69) is 15.9 Å². The Kier molecular flexibility index (Phi) is 8.36. The molecule has 0 aliphatic rings. The highest BCUT2D eigenvalue weighted by molar-refractivity contribution is 9.11. The van der Waals surface area contributed by atoms with Crippen LogP contribution in [0, 0.1) is 6.92 Å². The maximum atomic E-state index is 12.7. The highest BCUT2D eigenvalue weighted by Gasteiger charge is 2.26. The Labute approximate surface area is 139 Å². The molecule has 0 saturated heterocycles. The Morgan fingerprint density at radius 1 is 1.19 bits per heavy atom. The second kappa shape index (κ2) is 9.22. The van der Waals surface area contributed by atoms with Gasteiger partial charge in [-0.25, -0.2) is 8.42 Å². The van der Waals surface area contributed by atoms with Crippen LogP contribution in [0.15, 0.2) is 14.1 Å². The zero-order chi connectivity index (χ0) is 15.9. The second-order valence-corrected chi connectivity index (χ2v) is 8.85. The number of hydrogen-bond acceptors (Lipinski definition) is 5. The summed E-state index contributed by atoms with van der Waals surface area (Å²) in [4.78, 5) is 0. The van der Waals surface area contributed by atoms with Crippen molar-refractivity contribution in [2.45, 2.75) is 25.0 Å². The Hall–Kier alpha value is 0.01000. The average Bonchev–Trinajstić information content (AvgIpc) is 2.78. The number of nitrogens with zero attached hydrogens (tertiary/aromatic N) is 1. The van der Waals surface area contributed by atoms with Crippen LogP contribution in [0.25, 0.3) is 0 Å². The zero-order valence-corrected chi connectivity index (χ0v) is 15.8. The number of sulfonamides is 1. The van der Waals surface area contributed by atoms with Crippen molar-refractivity contribution in [2.24, 2.45) is 0 Å². The molecule has 122 valence electrons. The lowest BCUT2D eigenvalue weighted by Gasteiger charge is -2.21. The van der Waals surface area contributed by atoms with Crippen LogP contribution in [0.4, 0.5) is 0 Å². The molecule has 8 heteroatoms. The van der Waals surface area contributed by atoms with Gasteiger partial charge in [0.2, 0.25) is 0 Å². The minimum atomic E-state index is -3.50. The average molecular weight is 400 g/mol. The predicted molar refractivity (Wildman–Crippen MR) is 88.5 cm³/mol. The quantitative estimate of drug-likeness (QED) is 0.567. The van der Waals surface area contributed by atoms with Crippen LogP contribution in [0.5, 0.6) is 0 Å². The lowest BCUT2D eigenvalue weighted by atomic mass is 10.4. The molecule has 0 spiro atoms. The number of rotatable bonds is 10. The van der Waals surface area contributed by atoms with E-state index < -0.39 is 10.0 Å². The van der Waals surface area contributed by atoms with Crippen LogP contribution in [0.3, 0.4) is 0 Å². The summed E-state index contributed by atoms with van der Waals surface area (Å²) in [6.07, 6.45) is 0. The first-order valence-corrected chi connectivity index (χ1v) is 9.90. The lowest BCUT2D eigenvalue weighted by Crippen LogP contribution is -2.36. The van der Waals surface area contributed by atoms with E-state index in [0.717, 1.165) is 9.35 Å². The van der Waals surface area contributed by atoms with Gasteiger partial charge in [0.15, 0.2) is 0 Å². The normalized spacial score (nSPS) is 12.2. The second-order valence-electron chi connectivity index (χ2n) is 4.32. The highest BCUT2D eigenvalue weighted by atomic mass is 79.9. The molecule has 0 N–H and O–H groups in total. The molecular weight excluding hydrogens is 378 g/mol. The molecular formula is C13H22BrNO4S2. The molecule has 0 aromatic carbocycles. The Bertz CT molecular complexity index is 501. The van der Waals surface area contributed by atoms with Crippen molar-refractivity contribution in [1.29, 1.82) is 0 Å². The van der Waals surface area contributed by atoms with E-state index in [9.17, 15) is 8.42 Å². The van der Waals surface area contributed by atoms with Crippen molar-refractivity contribution in [3.8, 4) is 0 Å². The van der Waals surface area contributed by atoms with Crippen LogP contribution in [0.2, 0.25) is 0 Å². The minimum Gasteiger partial charge on any atom is -0.380 e. The van der Waals surface area contributed by atoms with E-state index in [0.29, 0.717) is 43.7 Å². The fraction of sp³-hybridized carbons (Fsp3) is 0.692. The molecule has 0 radical (unpaired) electrons. The summed E-state index contributed by atoms with van der Waals surface area (Å²) in [5.74, 6) is 0.